The van der Waals surface area contributed by atoms with Gasteiger partial charge in [0.1, 0.15) is 19.0 Å². The molecule has 2 aliphatic rings. The molecule has 0 bridgehead atoms. The Balaban J connectivity index is 1.94. The molecule has 0 spiro atoms. The van der Waals surface area contributed by atoms with Crippen LogP contribution < -0.4 is 0 Å². The molecule has 0 radical (unpaired) electrons. The Kier molecular flexibility index (Phi) is 4.93. The van der Waals surface area contributed by atoms with Gasteiger partial charge in [0.2, 0.25) is 11.8 Å². The number of Topliss-reactive ketones (excluding diaryl/α,β-unsaturated/α-hetero) is 1. The summed E-state index contributed by atoms with van der Waals surface area (Å²) in [6, 6.07) is -0.435. The number of esters is 1. The summed E-state index contributed by atoms with van der Waals surface area (Å²) in [6.45, 7) is 2.20. The highest BCUT2D eigenvalue weighted by Crippen LogP contribution is 2.23. The van der Waals surface area contributed by atoms with Crippen LogP contribution in [0.15, 0.2) is 0 Å². The maximum absolute atomic E-state index is 12.3. The van der Waals surface area contributed by atoms with Crippen LogP contribution in [-0.4, -0.2) is 65.6 Å². The number of carbonyl (C=O) groups is 4. The minimum absolute atomic E-state index is 0.0795. The summed E-state index contributed by atoms with van der Waals surface area (Å²) in [6.07, 6.45) is 2.11. The predicted octanol–water partition coefficient (Wildman–Crippen LogP) is -0.268. The average molecular weight is 296 g/mol. The van der Waals surface area contributed by atoms with Crippen LogP contribution in [0.4, 0.5) is 0 Å². The van der Waals surface area contributed by atoms with E-state index in [1.165, 1.54) is 4.90 Å². The van der Waals surface area contributed by atoms with E-state index in [9.17, 15) is 19.2 Å². The number of carbonyl (C=O) groups excluding carboxylic acids is 4. The minimum Gasteiger partial charge on any atom is -0.466 e. The van der Waals surface area contributed by atoms with E-state index in [2.05, 4.69) is 0 Å². The van der Waals surface area contributed by atoms with E-state index in [1.54, 1.807) is 11.8 Å². The third-order valence-electron chi connectivity index (χ3n) is 3.76. The van der Waals surface area contributed by atoms with Crippen molar-refractivity contribution in [3.63, 3.8) is 0 Å². The third kappa shape index (κ3) is 3.59. The lowest BCUT2D eigenvalue weighted by atomic mass is 9.98. The first-order valence-electron chi connectivity index (χ1n) is 7.28. The van der Waals surface area contributed by atoms with Crippen molar-refractivity contribution in [2.24, 2.45) is 0 Å². The first-order valence-corrected chi connectivity index (χ1v) is 7.28. The van der Waals surface area contributed by atoms with Gasteiger partial charge in [-0.3, -0.25) is 19.2 Å². The molecule has 0 saturated carbocycles. The molecule has 2 rings (SSSR count). The van der Waals surface area contributed by atoms with E-state index in [1.807, 2.05) is 0 Å². The Hall–Kier alpha value is -1.92. The molecule has 1 atom stereocenters. The number of amides is 2. The zero-order valence-electron chi connectivity index (χ0n) is 12.2. The second kappa shape index (κ2) is 6.69. The fourth-order valence-electron chi connectivity index (χ4n) is 2.81. The molecule has 1 unspecified atom stereocenters. The maximum atomic E-state index is 12.3. The van der Waals surface area contributed by atoms with Crippen molar-refractivity contribution in [1.29, 1.82) is 0 Å². The van der Waals surface area contributed by atoms with Gasteiger partial charge in [0.15, 0.2) is 5.78 Å². The number of fused-ring (bicyclic) bond motifs is 1. The van der Waals surface area contributed by atoms with Gasteiger partial charge in [-0.2, -0.15) is 0 Å². The zero-order chi connectivity index (χ0) is 15.4. The van der Waals surface area contributed by atoms with Crippen LogP contribution >= 0.6 is 0 Å². The monoisotopic (exact) mass is 296 g/mol. The van der Waals surface area contributed by atoms with Crippen LogP contribution in [0.25, 0.3) is 0 Å². The highest BCUT2D eigenvalue weighted by atomic mass is 16.5. The molecule has 2 fully saturated rings. The van der Waals surface area contributed by atoms with Crippen molar-refractivity contribution in [1.82, 2.24) is 9.80 Å². The number of piperazine rings is 1. The normalized spacial score (nSPS) is 22.0. The molecule has 2 aliphatic heterocycles. The lowest BCUT2D eigenvalue weighted by Gasteiger charge is -2.42. The van der Waals surface area contributed by atoms with Crippen LogP contribution in [0.3, 0.4) is 0 Å². The molecule has 116 valence electrons. The van der Waals surface area contributed by atoms with Crippen molar-refractivity contribution in [3.8, 4) is 0 Å². The molecule has 2 amide bonds. The molecule has 0 aromatic carbocycles. The summed E-state index contributed by atoms with van der Waals surface area (Å²) in [5.74, 6) is -1.31. The van der Waals surface area contributed by atoms with Gasteiger partial charge < -0.3 is 14.5 Å². The van der Waals surface area contributed by atoms with Gasteiger partial charge in [0.05, 0.1) is 13.2 Å². The van der Waals surface area contributed by atoms with Crippen LogP contribution in [0.1, 0.15) is 32.6 Å². The summed E-state index contributed by atoms with van der Waals surface area (Å²) in [5.41, 5.74) is 0. The molecule has 2 heterocycles. The number of nitrogens with zero attached hydrogens (tertiary/aromatic N) is 2. The Labute approximate surface area is 123 Å². The van der Waals surface area contributed by atoms with Crippen molar-refractivity contribution >= 4 is 23.6 Å². The van der Waals surface area contributed by atoms with Crippen molar-refractivity contribution in [3.05, 3.63) is 0 Å². The minimum atomic E-state index is -0.599. The summed E-state index contributed by atoms with van der Waals surface area (Å²) in [7, 11) is 0. The fraction of sp³-hybridized carbons (Fsp3) is 0.714. The molecule has 7 nitrogen and oxygen atoms in total. The van der Waals surface area contributed by atoms with Gasteiger partial charge in [-0.05, 0) is 26.2 Å². The zero-order valence-corrected chi connectivity index (χ0v) is 12.2. The highest BCUT2D eigenvalue weighted by Gasteiger charge is 2.40. The summed E-state index contributed by atoms with van der Waals surface area (Å²) >= 11 is 0. The van der Waals surface area contributed by atoms with Crippen LogP contribution in [-0.2, 0) is 23.9 Å². The van der Waals surface area contributed by atoms with Gasteiger partial charge in [-0.25, -0.2) is 0 Å². The second-order valence-corrected chi connectivity index (χ2v) is 5.31. The van der Waals surface area contributed by atoms with Crippen molar-refractivity contribution < 1.29 is 23.9 Å². The lowest BCUT2D eigenvalue weighted by Crippen LogP contribution is -2.61. The van der Waals surface area contributed by atoms with Crippen LogP contribution in [0.5, 0.6) is 0 Å². The number of rotatable bonds is 5. The van der Waals surface area contributed by atoms with E-state index < -0.39 is 17.8 Å². The maximum Gasteiger partial charge on any atom is 0.313 e. The molecule has 0 N–H and O–H groups in total. The van der Waals surface area contributed by atoms with Gasteiger partial charge in [0.25, 0.3) is 0 Å². The molecule has 0 aliphatic carbocycles. The summed E-state index contributed by atoms with van der Waals surface area (Å²) in [5, 5.41) is 0. The van der Waals surface area contributed by atoms with Gasteiger partial charge in [-0.15, -0.1) is 0 Å². The number of piperidine rings is 1. The summed E-state index contributed by atoms with van der Waals surface area (Å²) < 4.78 is 4.70. The SMILES string of the molecule is CCOC(=O)CC(=O)CN1CC(=O)N2CCCCC2C1=O. The number of ketones is 1. The molecule has 0 aromatic rings. The number of hydrogen-bond acceptors (Lipinski definition) is 5. The first kappa shape index (κ1) is 15.5. The van der Waals surface area contributed by atoms with E-state index in [0.29, 0.717) is 13.0 Å². The average Bonchev–Trinajstić information content (AvgIpc) is 2.44. The van der Waals surface area contributed by atoms with E-state index in [4.69, 9.17) is 4.74 Å². The standard InChI is InChI=1S/C14H20N2O5/c1-2-21-13(19)7-10(17)8-15-9-12(18)16-6-4-3-5-11(16)14(15)20/h11H,2-9H2,1H3. The second-order valence-electron chi connectivity index (χ2n) is 5.31. The Morgan fingerprint density at radius 2 is 2.05 bits per heavy atom. The summed E-state index contributed by atoms with van der Waals surface area (Å²) in [4.78, 5) is 50.2. The molecule has 7 heteroatoms. The van der Waals surface area contributed by atoms with Gasteiger partial charge in [-0.1, -0.05) is 0 Å². The largest absolute Gasteiger partial charge is 0.466 e. The van der Waals surface area contributed by atoms with Crippen LogP contribution in [0.2, 0.25) is 0 Å². The Bertz CT molecular complexity index is 462. The van der Waals surface area contributed by atoms with Crippen molar-refractivity contribution in [2.45, 2.75) is 38.6 Å². The topological polar surface area (TPSA) is 84.0 Å². The number of hydrogen-bond donors (Lipinski definition) is 0. The quantitative estimate of drug-likeness (QED) is 0.515. The van der Waals surface area contributed by atoms with Gasteiger partial charge in [0, 0.05) is 6.54 Å². The molecule has 0 aromatic heterocycles. The highest BCUT2D eigenvalue weighted by molar-refractivity contribution is 6.01. The van der Waals surface area contributed by atoms with E-state index >= 15 is 0 Å². The predicted molar refractivity (Wildman–Crippen MR) is 72.2 cm³/mol. The number of ether oxygens (including phenoxy) is 1. The Morgan fingerprint density at radius 3 is 2.76 bits per heavy atom. The van der Waals surface area contributed by atoms with Gasteiger partial charge >= 0.3 is 5.97 Å². The molecule has 21 heavy (non-hydrogen) atoms. The fourth-order valence-corrected chi connectivity index (χ4v) is 2.81. The molecular weight excluding hydrogens is 276 g/mol. The molecule has 2 saturated heterocycles. The Morgan fingerprint density at radius 1 is 1.29 bits per heavy atom. The van der Waals surface area contributed by atoms with E-state index in [-0.39, 0.29) is 37.9 Å². The lowest BCUT2D eigenvalue weighted by molar-refractivity contribution is -0.159. The first-order chi connectivity index (χ1) is 10.0. The van der Waals surface area contributed by atoms with Crippen LogP contribution in [0, 0.1) is 0 Å². The van der Waals surface area contributed by atoms with E-state index in [0.717, 1.165) is 12.8 Å². The third-order valence-corrected chi connectivity index (χ3v) is 3.76. The van der Waals surface area contributed by atoms with Crippen molar-refractivity contribution in [2.75, 3.05) is 26.2 Å². The smallest absolute Gasteiger partial charge is 0.313 e. The molecular formula is C14H20N2O5.